The van der Waals surface area contributed by atoms with Gasteiger partial charge in [0.15, 0.2) is 0 Å². The molecule has 1 unspecified atom stereocenters. The Morgan fingerprint density at radius 2 is 1.52 bits per heavy atom. The van der Waals surface area contributed by atoms with Gasteiger partial charge in [-0.2, -0.15) is 4.72 Å². The number of rotatable bonds is 10. The lowest BCUT2D eigenvalue weighted by Gasteiger charge is -2.19. The molecule has 0 aromatic heterocycles. The molecule has 0 bridgehead atoms. The molecule has 3 rings (SSSR count). The van der Waals surface area contributed by atoms with E-state index in [1.165, 1.54) is 24.3 Å². The number of aliphatic carboxylic acids is 1. The molecule has 33 heavy (non-hydrogen) atoms. The lowest BCUT2D eigenvalue weighted by Crippen LogP contribution is -2.44. The average molecular weight is 487 g/mol. The van der Waals surface area contributed by atoms with E-state index in [-0.39, 0.29) is 17.7 Å². The third-order valence-electron chi connectivity index (χ3n) is 4.88. The van der Waals surface area contributed by atoms with E-state index >= 15 is 0 Å². The standard InChI is InChI=1S/C24H23ClN2O5S/c25-19-9-13-21(14-10-19)33(31,32)27-22(15-8-17-4-2-1-3-5-17)24(30)26-20-11-6-18(7-12-20)16-23(28)29/h1-7,9-14,22,27H,8,15-16H2,(H,26,30)(H,28,29). The average Bonchev–Trinajstić information content (AvgIpc) is 2.78. The monoisotopic (exact) mass is 486 g/mol. The molecule has 0 saturated heterocycles. The van der Waals surface area contributed by atoms with Crippen molar-refractivity contribution < 1.29 is 23.1 Å². The molecule has 3 aromatic rings. The third-order valence-corrected chi connectivity index (χ3v) is 6.62. The van der Waals surface area contributed by atoms with Crippen LogP contribution in [0, 0.1) is 0 Å². The van der Waals surface area contributed by atoms with Gasteiger partial charge in [0, 0.05) is 10.7 Å². The number of amides is 1. The Morgan fingerprint density at radius 3 is 2.12 bits per heavy atom. The molecular formula is C24H23ClN2O5S. The second kappa shape index (κ2) is 11.1. The number of hydrogen-bond donors (Lipinski definition) is 3. The molecule has 0 saturated carbocycles. The van der Waals surface area contributed by atoms with Gasteiger partial charge in [-0.05, 0) is 60.4 Å². The minimum Gasteiger partial charge on any atom is -0.481 e. The Kier molecular flexibility index (Phi) is 8.21. The van der Waals surface area contributed by atoms with Crippen molar-refractivity contribution in [1.29, 1.82) is 0 Å². The number of nitrogens with one attached hydrogen (secondary N) is 2. The Labute approximate surface area is 197 Å². The van der Waals surface area contributed by atoms with Crippen molar-refractivity contribution >= 4 is 39.2 Å². The van der Waals surface area contributed by atoms with Crippen molar-refractivity contribution in [1.82, 2.24) is 4.72 Å². The van der Waals surface area contributed by atoms with Gasteiger partial charge in [0.1, 0.15) is 6.04 Å². The molecule has 0 aliphatic carbocycles. The number of anilines is 1. The van der Waals surface area contributed by atoms with Gasteiger partial charge in [-0.3, -0.25) is 9.59 Å². The minimum atomic E-state index is -3.97. The largest absolute Gasteiger partial charge is 0.481 e. The van der Waals surface area contributed by atoms with E-state index in [0.29, 0.717) is 22.7 Å². The molecule has 1 atom stereocenters. The van der Waals surface area contributed by atoms with Gasteiger partial charge in [0.05, 0.1) is 11.3 Å². The summed E-state index contributed by atoms with van der Waals surface area (Å²) in [5, 5.41) is 12.0. The first-order valence-electron chi connectivity index (χ1n) is 10.2. The fraction of sp³-hybridized carbons (Fsp3) is 0.167. The van der Waals surface area contributed by atoms with Crippen molar-refractivity contribution in [2.75, 3.05) is 5.32 Å². The van der Waals surface area contributed by atoms with E-state index in [9.17, 15) is 18.0 Å². The lowest BCUT2D eigenvalue weighted by molar-refractivity contribution is -0.136. The van der Waals surface area contributed by atoms with E-state index < -0.39 is 27.9 Å². The van der Waals surface area contributed by atoms with Crippen LogP contribution >= 0.6 is 11.6 Å². The summed E-state index contributed by atoms with van der Waals surface area (Å²) in [5.41, 5.74) is 1.99. The molecule has 3 aromatic carbocycles. The van der Waals surface area contributed by atoms with Gasteiger partial charge >= 0.3 is 5.97 Å². The van der Waals surface area contributed by atoms with Crippen LogP contribution in [0.25, 0.3) is 0 Å². The van der Waals surface area contributed by atoms with Crippen LogP contribution in [0.4, 0.5) is 5.69 Å². The molecule has 0 fully saturated rings. The van der Waals surface area contributed by atoms with Gasteiger partial charge in [0.25, 0.3) is 0 Å². The molecule has 0 spiro atoms. The Hall–Kier alpha value is -3.20. The molecule has 3 N–H and O–H groups in total. The second-order valence-electron chi connectivity index (χ2n) is 7.41. The van der Waals surface area contributed by atoms with Gasteiger partial charge in [-0.25, -0.2) is 8.42 Å². The van der Waals surface area contributed by atoms with E-state index in [4.69, 9.17) is 16.7 Å². The summed E-state index contributed by atoms with van der Waals surface area (Å²) in [7, 11) is -3.97. The molecule has 172 valence electrons. The highest BCUT2D eigenvalue weighted by atomic mass is 35.5. The van der Waals surface area contributed by atoms with Crippen LogP contribution in [0.5, 0.6) is 0 Å². The molecule has 7 nitrogen and oxygen atoms in total. The van der Waals surface area contributed by atoms with Crippen LogP contribution < -0.4 is 10.0 Å². The maximum Gasteiger partial charge on any atom is 0.307 e. The molecule has 0 heterocycles. The summed E-state index contributed by atoms with van der Waals surface area (Å²) in [5.74, 6) is -1.47. The summed E-state index contributed by atoms with van der Waals surface area (Å²) >= 11 is 5.85. The summed E-state index contributed by atoms with van der Waals surface area (Å²) in [6, 6.07) is 20.4. The zero-order valence-electron chi connectivity index (χ0n) is 17.6. The lowest BCUT2D eigenvalue weighted by atomic mass is 10.1. The predicted octanol–water partition coefficient (Wildman–Crippen LogP) is 3.89. The number of carboxylic acids is 1. The quantitative estimate of drug-likeness (QED) is 0.402. The number of aryl methyl sites for hydroxylation is 1. The van der Waals surface area contributed by atoms with Crippen LogP contribution in [0.15, 0.2) is 83.8 Å². The van der Waals surface area contributed by atoms with Crippen LogP contribution in [0.1, 0.15) is 17.5 Å². The topological polar surface area (TPSA) is 113 Å². The van der Waals surface area contributed by atoms with Crippen molar-refractivity contribution in [2.24, 2.45) is 0 Å². The number of halogens is 1. The van der Waals surface area contributed by atoms with E-state index in [1.807, 2.05) is 30.3 Å². The fourth-order valence-electron chi connectivity index (χ4n) is 3.18. The molecular weight excluding hydrogens is 464 g/mol. The zero-order valence-corrected chi connectivity index (χ0v) is 19.1. The predicted molar refractivity (Wildman–Crippen MR) is 127 cm³/mol. The minimum absolute atomic E-state index is 0.00225. The van der Waals surface area contributed by atoms with Crippen LogP contribution in [-0.2, 0) is 32.5 Å². The Morgan fingerprint density at radius 1 is 0.879 bits per heavy atom. The fourth-order valence-corrected chi connectivity index (χ4v) is 4.53. The van der Waals surface area contributed by atoms with Crippen molar-refractivity contribution in [3.05, 3.63) is 95.0 Å². The highest BCUT2D eigenvalue weighted by molar-refractivity contribution is 7.89. The number of benzene rings is 3. The SMILES string of the molecule is O=C(O)Cc1ccc(NC(=O)C(CCc2ccccc2)NS(=O)(=O)c2ccc(Cl)cc2)cc1. The summed E-state index contributed by atoms with van der Waals surface area (Å²) in [4.78, 5) is 23.8. The van der Waals surface area contributed by atoms with Crippen molar-refractivity contribution in [2.45, 2.75) is 30.2 Å². The van der Waals surface area contributed by atoms with E-state index in [0.717, 1.165) is 5.56 Å². The first-order valence-corrected chi connectivity index (χ1v) is 12.0. The summed E-state index contributed by atoms with van der Waals surface area (Å²) < 4.78 is 28.3. The van der Waals surface area contributed by atoms with E-state index in [2.05, 4.69) is 10.0 Å². The van der Waals surface area contributed by atoms with Crippen molar-refractivity contribution in [3.8, 4) is 0 Å². The Bertz CT molecular complexity index is 1200. The van der Waals surface area contributed by atoms with Crippen LogP contribution in [0.3, 0.4) is 0 Å². The van der Waals surface area contributed by atoms with Gasteiger partial charge in [-0.1, -0.05) is 54.1 Å². The first-order chi connectivity index (χ1) is 15.7. The number of sulfonamides is 1. The molecule has 0 aliphatic rings. The number of carbonyl (C=O) groups is 2. The van der Waals surface area contributed by atoms with Gasteiger partial charge in [-0.15, -0.1) is 0 Å². The highest BCUT2D eigenvalue weighted by Gasteiger charge is 2.26. The normalized spacial score (nSPS) is 12.2. The summed E-state index contributed by atoms with van der Waals surface area (Å²) in [6.07, 6.45) is 0.591. The Balaban J connectivity index is 1.77. The highest BCUT2D eigenvalue weighted by Crippen LogP contribution is 2.17. The maximum atomic E-state index is 13.0. The molecule has 1 amide bonds. The first kappa shape index (κ1) is 24.4. The van der Waals surface area contributed by atoms with Crippen LogP contribution in [0.2, 0.25) is 5.02 Å². The molecule has 0 aliphatic heterocycles. The third kappa shape index (κ3) is 7.42. The molecule has 9 heteroatoms. The van der Waals surface area contributed by atoms with E-state index in [1.54, 1.807) is 24.3 Å². The maximum absolute atomic E-state index is 13.0. The molecule has 0 radical (unpaired) electrons. The number of hydrogen-bond acceptors (Lipinski definition) is 4. The second-order valence-corrected chi connectivity index (χ2v) is 9.56. The number of carboxylic acid groups (broad SMARTS) is 1. The number of carbonyl (C=O) groups excluding carboxylic acids is 1. The van der Waals surface area contributed by atoms with Gasteiger partial charge in [0.2, 0.25) is 15.9 Å². The van der Waals surface area contributed by atoms with Gasteiger partial charge < -0.3 is 10.4 Å². The smallest absolute Gasteiger partial charge is 0.307 e. The van der Waals surface area contributed by atoms with Crippen LogP contribution in [-0.4, -0.2) is 31.4 Å². The van der Waals surface area contributed by atoms with Crippen molar-refractivity contribution in [3.63, 3.8) is 0 Å². The zero-order chi connectivity index (χ0) is 23.8. The summed E-state index contributed by atoms with van der Waals surface area (Å²) in [6.45, 7) is 0.